The minimum absolute atomic E-state index is 0.585. The van der Waals surface area contributed by atoms with Crippen LogP contribution in [0.1, 0.15) is 0 Å². The highest BCUT2D eigenvalue weighted by Gasteiger charge is 2.08. The Bertz CT molecular complexity index is 478. The van der Waals surface area contributed by atoms with E-state index in [-0.39, 0.29) is 0 Å². The third kappa shape index (κ3) is 1.21. The van der Waals surface area contributed by atoms with E-state index in [1.807, 2.05) is 6.07 Å². The van der Waals surface area contributed by atoms with E-state index in [9.17, 15) is 4.79 Å². The van der Waals surface area contributed by atoms with E-state index >= 15 is 0 Å². The van der Waals surface area contributed by atoms with Gasteiger partial charge in [-0.3, -0.25) is 0 Å². The van der Waals surface area contributed by atoms with Crippen LogP contribution in [0.4, 0.5) is 4.79 Å². The Balaban J connectivity index is 2.83. The van der Waals surface area contributed by atoms with Gasteiger partial charge < -0.3 is 5.11 Å². The number of rotatable bonds is 0. The van der Waals surface area contributed by atoms with Crippen molar-refractivity contribution in [3.05, 3.63) is 29.0 Å². The van der Waals surface area contributed by atoms with Gasteiger partial charge in [0.2, 0.25) is 0 Å². The van der Waals surface area contributed by atoms with Crippen molar-refractivity contribution in [1.82, 2.24) is 9.55 Å². The number of carboxylic acid groups (broad SMARTS) is 1. The summed E-state index contributed by atoms with van der Waals surface area (Å²) < 4.78 is 1.88. The van der Waals surface area contributed by atoms with E-state index in [0.717, 1.165) is 9.04 Å². The van der Waals surface area contributed by atoms with E-state index in [1.165, 1.54) is 6.33 Å². The highest BCUT2D eigenvalue weighted by molar-refractivity contribution is 9.10. The van der Waals surface area contributed by atoms with Crippen molar-refractivity contribution in [2.45, 2.75) is 0 Å². The van der Waals surface area contributed by atoms with Gasteiger partial charge in [0.05, 0.1) is 5.52 Å². The maximum Gasteiger partial charge on any atom is 0.417 e. The van der Waals surface area contributed by atoms with Crippen molar-refractivity contribution in [3.63, 3.8) is 0 Å². The Kier molecular flexibility index (Phi) is 1.81. The van der Waals surface area contributed by atoms with E-state index in [0.29, 0.717) is 11.0 Å². The second kappa shape index (κ2) is 2.85. The fraction of sp³-hybridized carbons (Fsp3) is 0. The monoisotopic (exact) mass is 240 g/mol. The maximum absolute atomic E-state index is 10.7. The number of imidazole rings is 1. The molecule has 66 valence electrons. The SMILES string of the molecule is O=C(O)n1cnc2c(Br)cccc21. The van der Waals surface area contributed by atoms with E-state index in [4.69, 9.17) is 5.11 Å². The topological polar surface area (TPSA) is 55.1 Å². The fourth-order valence-electron chi connectivity index (χ4n) is 1.16. The molecule has 0 unspecified atom stereocenters. The average molecular weight is 241 g/mol. The lowest BCUT2D eigenvalue weighted by Gasteiger charge is -1.95. The first-order valence-corrected chi connectivity index (χ1v) is 4.34. The number of aromatic nitrogens is 2. The molecule has 0 atom stereocenters. The van der Waals surface area contributed by atoms with Gasteiger partial charge >= 0.3 is 6.09 Å². The van der Waals surface area contributed by atoms with Crippen LogP contribution >= 0.6 is 15.9 Å². The molecule has 2 rings (SSSR count). The molecule has 0 aliphatic rings. The Hall–Kier alpha value is -1.36. The van der Waals surface area contributed by atoms with Crippen LogP contribution in [0.15, 0.2) is 29.0 Å². The first-order valence-electron chi connectivity index (χ1n) is 3.55. The molecule has 0 saturated carbocycles. The number of hydrogen-bond acceptors (Lipinski definition) is 2. The Morgan fingerprint density at radius 1 is 1.54 bits per heavy atom. The van der Waals surface area contributed by atoms with Crippen molar-refractivity contribution in [2.24, 2.45) is 0 Å². The molecule has 0 fully saturated rings. The van der Waals surface area contributed by atoms with E-state index in [2.05, 4.69) is 20.9 Å². The second-order valence-electron chi connectivity index (χ2n) is 2.50. The number of halogens is 1. The number of carbonyl (C=O) groups is 1. The van der Waals surface area contributed by atoms with Crippen LogP contribution in [0.25, 0.3) is 11.0 Å². The van der Waals surface area contributed by atoms with Gasteiger partial charge in [0.15, 0.2) is 0 Å². The van der Waals surface area contributed by atoms with E-state index < -0.39 is 6.09 Å². The summed E-state index contributed by atoms with van der Waals surface area (Å²) in [6.07, 6.45) is 0.262. The molecule has 1 N–H and O–H groups in total. The highest BCUT2D eigenvalue weighted by atomic mass is 79.9. The summed E-state index contributed by atoms with van der Waals surface area (Å²) >= 11 is 3.29. The zero-order chi connectivity index (χ0) is 9.42. The molecule has 0 aliphatic carbocycles. The number of fused-ring (bicyclic) bond motifs is 1. The normalized spacial score (nSPS) is 10.5. The quantitative estimate of drug-likeness (QED) is 0.769. The molecular formula is C8H5BrN2O2. The van der Waals surface area contributed by atoms with Crippen LogP contribution in [0, 0.1) is 0 Å². The summed E-state index contributed by atoms with van der Waals surface area (Å²) in [5, 5.41) is 8.77. The highest BCUT2D eigenvalue weighted by Crippen LogP contribution is 2.21. The number of hydrogen-bond donors (Lipinski definition) is 1. The molecule has 0 aliphatic heterocycles. The molecule has 0 radical (unpaired) electrons. The van der Waals surface area contributed by atoms with Gasteiger partial charge in [-0.25, -0.2) is 14.3 Å². The van der Waals surface area contributed by atoms with Gasteiger partial charge in [-0.1, -0.05) is 6.07 Å². The summed E-state index contributed by atoms with van der Waals surface area (Å²) in [6.45, 7) is 0. The summed E-state index contributed by atoms with van der Waals surface area (Å²) in [7, 11) is 0. The summed E-state index contributed by atoms with van der Waals surface area (Å²) in [5.41, 5.74) is 1.24. The van der Waals surface area contributed by atoms with Crippen molar-refractivity contribution in [3.8, 4) is 0 Å². The number of benzene rings is 1. The molecule has 0 amide bonds. The van der Waals surface area contributed by atoms with Crippen LogP contribution in [-0.2, 0) is 0 Å². The van der Waals surface area contributed by atoms with E-state index in [1.54, 1.807) is 12.1 Å². The van der Waals surface area contributed by atoms with Gasteiger partial charge in [-0.2, -0.15) is 0 Å². The van der Waals surface area contributed by atoms with Gasteiger partial charge in [0.25, 0.3) is 0 Å². The van der Waals surface area contributed by atoms with Crippen molar-refractivity contribution < 1.29 is 9.90 Å². The first kappa shape index (κ1) is 8.25. The fourth-order valence-corrected chi connectivity index (χ4v) is 1.61. The third-order valence-electron chi connectivity index (χ3n) is 1.73. The van der Waals surface area contributed by atoms with Gasteiger partial charge in [0.1, 0.15) is 11.8 Å². The molecule has 1 aromatic carbocycles. The van der Waals surface area contributed by atoms with Gasteiger partial charge in [-0.15, -0.1) is 0 Å². The zero-order valence-corrected chi connectivity index (χ0v) is 8.02. The summed E-state index contributed by atoms with van der Waals surface area (Å²) in [4.78, 5) is 14.7. The van der Waals surface area contributed by atoms with Crippen molar-refractivity contribution in [1.29, 1.82) is 0 Å². The van der Waals surface area contributed by atoms with Gasteiger partial charge in [0, 0.05) is 4.47 Å². The predicted molar refractivity (Wildman–Crippen MR) is 50.9 cm³/mol. The first-order chi connectivity index (χ1) is 6.20. The Morgan fingerprint density at radius 2 is 2.31 bits per heavy atom. The van der Waals surface area contributed by atoms with Gasteiger partial charge in [-0.05, 0) is 28.1 Å². The number of para-hydroxylation sites is 1. The van der Waals surface area contributed by atoms with Crippen LogP contribution in [-0.4, -0.2) is 20.8 Å². The summed E-state index contributed by atoms with van der Waals surface area (Å²) in [6, 6.07) is 5.30. The van der Waals surface area contributed by atoms with Crippen molar-refractivity contribution >= 4 is 33.1 Å². The third-order valence-corrected chi connectivity index (χ3v) is 2.37. The molecule has 1 heterocycles. The smallest absolute Gasteiger partial charge is 0.417 e. The molecule has 0 saturated heterocycles. The molecule has 1 aromatic heterocycles. The molecule has 5 heteroatoms. The predicted octanol–water partition coefficient (Wildman–Crippen LogP) is 2.32. The second-order valence-corrected chi connectivity index (χ2v) is 3.36. The Morgan fingerprint density at radius 3 is 3.00 bits per heavy atom. The van der Waals surface area contributed by atoms with Crippen LogP contribution in [0.3, 0.4) is 0 Å². The minimum atomic E-state index is -1.03. The lowest BCUT2D eigenvalue weighted by molar-refractivity contribution is 0.197. The zero-order valence-electron chi connectivity index (χ0n) is 6.44. The molecule has 0 bridgehead atoms. The van der Waals surface area contributed by atoms with Crippen LogP contribution in [0.2, 0.25) is 0 Å². The maximum atomic E-state index is 10.7. The largest absolute Gasteiger partial charge is 0.464 e. The summed E-state index contributed by atoms with van der Waals surface area (Å²) in [5.74, 6) is 0. The lowest BCUT2D eigenvalue weighted by atomic mass is 10.3. The van der Waals surface area contributed by atoms with Crippen LogP contribution < -0.4 is 0 Å². The van der Waals surface area contributed by atoms with Crippen LogP contribution in [0.5, 0.6) is 0 Å². The lowest BCUT2D eigenvalue weighted by Crippen LogP contribution is -2.05. The Labute approximate surface area is 81.9 Å². The molecule has 13 heavy (non-hydrogen) atoms. The molecular weight excluding hydrogens is 236 g/mol. The van der Waals surface area contributed by atoms with Crippen molar-refractivity contribution in [2.75, 3.05) is 0 Å². The minimum Gasteiger partial charge on any atom is -0.464 e. The standard InChI is InChI=1S/C8H5BrN2O2/c9-5-2-1-3-6-7(5)10-4-11(6)8(12)13/h1-4H,(H,12,13). The molecule has 0 spiro atoms. The number of nitrogens with zero attached hydrogens (tertiary/aromatic N) is 2. The molecule has 4 nitrogen and oxygen atoms in total. The molecule has 2 aromatic rings. The average Bonchev–Trinajstić information content (AvgIpc) is 2.48.